The fraction of sp³-hybridized carbons (Fsp3) is 0.400. The third-order valence-corrected chi connectivity index (χ3v) is 3.13. The molecule has 1 aromatic carbocycles. The minimum atomic E-state index is -0.715. The minimum Gasteiger partial charge on any atom is -0.481 e. The van der Waals surface area contributed by atoms with Crippen LogP contribution in [0, 0.1) is 0 Å². The van der Waals surface area contributed by atoms with Crippen molar-refractivity contribution in [3.63, 3.8) is 0 Å². The summed E-state index contributed by atoms with van der Waals surface area (Å²) in [5.74, 6) is -0.715. The number of aliphatic carboxylic acids is 1. The van der Waals surface area contributed by atoms with E-state index in [1.165, 1.54) is 18.4 Å². The Kier molecular flexibility index (Phi) is 4.53. The van der Waals surface area contributed by atoms with Crippen molar-refractivity contribution >= 4 is 12.0 Å². The Balaban J connectivity index is 1.82. The van der Waals surface area contributed by atoms with Gasteiger partial charge >= 0.3 is 5.97 Å². The van der Waals surface area contributed by atoms with Crippen LogP contribution in [0.4, 0.5) is 0 Å². The monoisotopic (exact) mass is 245 g/mol. The molecule has 0 aromatic heterocycles. The average Bonchev–Trinajstić information content (AvgIpc) is 3.19. The molecule has 0 saturated heterocycles. The lowest BCUT2D eigenvalue weighted by Gasteiger charge is -2.18. The van der Waals surface area contributed by atoms with Crippen LogP contribution in [0.25, 0.3) is 6.08 Å². The van der Waals surface area contributed by atoms with Gasteiger partial charge in [-0.2, -0.15) is 0 Å². The van der Waals surface area contributed by atoms with Crippen LogP contribution >= 0.6 is 0 Å². The molecule has 0 amide bonds. The van der Waals surface area contributed by atoms with E-state index < -0.39 is 5.97 Å². The Bertz CT molecular complexity index is 410. The molecular formula is C15H19NO2. The standard InChI is InChI=1S/C15H19NO2/c17-15(18)10-12-16(14-8-9-14)11-4-7-13-5-2-1-3-6-13/h1-7,14H,8-12H2,(H,17,18)/b7-4+. The van der Waals surface area contributed by atoms with Gasteiger partial charge in [-0.3, -0.25) is 9.69 Å². The maximum Gasteiger partial charge on any atom is 0.304 e. The van der Waals surface area contributed by atoms with Gasteiger partial charge in [-0.15, -0.1) is 0 Å². The molecule has 18 heavy (non-hydrogen) atoms. The summed E-state index contributed by atoms with van der Waals surface area (Å²) in [6.45, 7) is 1.49. The fourth-order valence-electron chi connectivity index (χ4n) is 1.99. The van der Waals surface area contributed by atoms with Gasteiger partial charge in [-0.05, 0) is 18.4 Å². The second kappa shape index (κ2) is 6.36. The van der Waals surface area contributed by atoms with Crippen molar-refractivity contribution in [2.75, 3.05) is 13.1 Å². The topological polar surface area (TPSA) is 40.5 Å². The molecule has 1 N–H and O–H groups in total. The largest absolute Gasteiger partial charge is 0.481 e. The van der Waals surface area contributed by atoms with Crippen molar-refractivity contribution in [3.8, 4) is 0 Å². The first-order valence-corrected chi connectivity index (χ1v) is 6.43. The van der Waals surface area contributed by atoms with Crippen LogP contribution in [0.15, 0.2) is 36.4 Å². The van der Waals surface area contributed by atoms with E-state index in [4.69, 9.17) is 5.11 Å². The minimum absolute atomic E-state index is 0.232. The van der Waals surface area contributed by atoms with Crippen molar-refractivity contribution in [1.29, 1.82) is 0 Å². The number of carboxylic acid groups (broad SMARTS) is 1. The highest BCUT2D eigenvalue weighted by molar-refractivity contribution is 5.66. The molecule has 96 valence electrons. The van der Waals surface area contributed by atoms with Crippen LogP contribution in [-0.2, 0) is 4.79 Å². The van der Waals surface area contributed by atoms with E-state index in [-0.39, 0.29) is 6.42 Å². The zero-order valence-electron chi connectivity index (χ0n) is 10.5. The van der Waals surface area contributed by atoms with Crippen LogP contribution < -0.4 is 0 Å². The van der Waals surface area contributed by atoms with E-state index in [1.54, 1.807) is 0 Å². The van der Waals surface area contributed by atoms with E-state index in [9.17, 15) is 4.79 Å². The van der Waals surface area contributed by atoms with E-state index >= 15 is 0 Å². The second-order valence-corrected chi connectivity index (χ2v) is 4.68. The van der Waals surface area contributed by atoms with Gasteiger partial charge in [0, 0.05) is 19.1 Å². The number of nitrogens with zero attached hydrogens (tertiary/aromatic N) is 1. The summed E-state index contributed by atoms with van der Waals surface area (Å²) in [6, 6.07) is 10.8. The molecule has 1 aliphatic carbocycles. The zero-order chi connectivity index (χ0) is 12.8. The quantitative estimate of drug-likeness (QED) is 0.802. The first kappa shape index (κ1) is 12.8. The molecule has 0 spiro atoms. The molecule has 3 nitrogen and oxygen atoms in total. The van der Waals surface area contributed by atoms with E-state index in [0.717, 1.165) is 6.54 Å². The molecule has 3 heteroatoms. The van der Waals surface area contributed by atoms with Gasteiger partial charge in [0.2, 0.25) is 0 Å². The zero-order valence-corrected chi connectivity index (χ0v) is 10.5. The second-order valence-electron chi connectivity index (χ2n) is 4.68. The summed E-state index contributed by atoms with van der Waals surface area (Å²) in [6.07, 6.45) is 6.86. The Morgan fingerprint density at radius 1 is 1.33 bits per heavy atom. The lowest BCUT2D eigenvalue weighted by Crippen LogP contribution is -2.28. The SMILES string of the molecule is O=C(O)CCN(C/C=C/c1ccccc1)C1CC1. The normalized spacial score (nSPS) is 15.4. The molecule has 1 saturated carbocycles. The van der Waals surface area contributed by atoms with Gasteiger partial charge < -0.3 is 5.11 Å². The number of carboxylic acids is 1. The molecule has 2 rings (SSSR count). The van der Waals surface area contributed by atoms with Gasteiger partial charge in [-0.25, -0.2) is 0 Å². The maximum absolute atomic E-state index is 10.6. The summed E-state index contributed by atoms with van der Waals surface area (Å²) >= 11 is 0. The maximum atomic E-state index is 10.6. The van der Waals surface area contributed by atoms with Crippen LogP contribution in [0.5, 0.6) is 0 Å². The summed E-state index contributed by atoms with van der Waals surface area (Å²) in [7, 11) is 0. The Labute approximate surface area is 108 Å². The highest BCUT2D eigenvalue weighted by Gasteiger charge is 2.28. The third-order valence-electron chi connectivity index (χ3n) is 3.13. The molecule has 0 atom stereocenters. The van der Waals surface area contributed by atoms with Gasteiger partial charge in [-0.1, -0.05) is 42.5 Å². The summed E-state index contributed by atoms with van der Waals surface area (Å²) in [4.78, 5) is 12.9. The van der Waals surface area contributed by atoms with Crippen molar-refractivity contribution in [2.45, 2.75) is 25.3 Å². The van der Waals surface area contributed by atoms with Gasteiger partial charge in [0.15, 0.2) is 0 Å². The van der Waals surface area contributed by atoms with Crippen molar-refractivity contribution in [3.05, 3.63) is 42.0 Å². The molecular weight excluding hydrogens is 226 g/mol. The molecule has 1 fully saturated rings. The molecule has 0 radical (unpaired) electrons. The third kappa shape index (κ3) is 4.34. The van der Waals surface area contributed by atoms with Crippen LogP contribution in [-0.4, -0.2) is 35.1 Å². The van der Waals surface area contributed by atoms with Crippen LogP contribution in [0.2, 0.25) is 0 Å². The predicted octanol–water partition coefficient (Wildman–Crippen LogP) is 2.64. The van der Waals surface area contributed by atoms with Crippen molar-refractivity contribution < 1.29 is 9.90 Å². The number of carbonyl (C=O) groups is 1. The van der Waals surface area contributed by atoms with Gasteiger partial charge in [0.05, 0.1) is 6.42 Å². The van der Waals surface area contributed by atoms with Crippen molar-refractivity contribution in [1.82, 2.24) is 4.90 Å². The smallest absolute Gasteiger partial charge is 0.304 e. The average molecular weight is 245 g/mol. The number of rotatable bonds is 7. The van der Waals surface area contributed by atoms with Crippen LogP contribution in [0.1, 0.15) is 24.8 Å². The lowest BCUT2D eigenvalue weighted by molar-refractivity contribution is -0.137. The highest BCUT2D eigenvalue weighted by Crippen LogP contribution is 2.26. The Morgan fingerprint density at radius 3 is 2.67 bits per heavy atom. The van der Waals surface area contributed by atoms with Crippen molar-refractivity contribution in [2.24, 2.45) is 0 Å². The molecule has 1 aromatic rings. The predicted molar refractivity (Wildman–Crippen MR) is 72.3 cm³/mol. The molecule has 0 heterocycles. The number of hydrogen-bond donors (Lipinski definition) is 1. The van der Waals surface area contributed by atoms with Gasteiger partial charge in [0.1, 0.15) is 0 Å². The first-order valence-electron chi connectivity index (χ1n) is 6.43. The van der Waals surface area contributed by atoms with E-state index in [0.29, 0.717) is 12.6 Å². The molecule has 0 unspecified atom stereocenters. The van der Waals surface area contributed by atoms with Crippen LogP contribution in [0.3, 0.4) is 0 Å². The van der Waals surface area contributed by atoms with Gasteiger partial charge in [0.25, 0.3) is 0 Å². The summed E-state index contributed by atoms with van der Waals surface area (Å²) in [5.41, 5.74) is 1.19. The molecule has 1 aliphatic rings. The number of hydrogen-bond acceptors (Lipinski definition) is 2. The van der Waals surface area contributed by atoms with E-state index in [2.05, 4.69) is 29.2 Å². The highest BCUT2D eigenvalue weighted by atomic mass is 16.4. The fourth-order valence-corrected chi connectivity index (χ4v) is 1.99. The van der Waals surface area contributed by atoms with E-state index in [1.807, 2.05) is 18.2 Å². The summed E-state index contributed by atoms with van der Waals surface area (Å²) in [5, 5.41) is 8.72. The molecule has 0 bridgehead atoms. The summed E-state index contributed by atoms with van der Waals surface area (Å²) < 4.78 is 0. The molecule has 0 aliphatic heterocycles. The Hall–Kier alpha value is -1.61. The first-order chi connectivity index (χ1) is 8.75. The lowest BCUT2D eigenvalue weighted by atomic mass is 10.2. The Morgan fingerprint density at radius 2 is 2.06 bits per heavy atom. The number of benzene rings is 1.